The molecule has 0 atom stereocenters. The summed E-state index contributed by atoms with van der Waals surface area (Å²) < 4.78 is 10.5. The highest BCUT2D eigenvalue weighted by atomic mass is 35.5. The van der Waals surface area contributed by atoms with E-state index in [0.29, 0.717) is 16.4 Å². The molecule has 0 aliphatic rings. The third-order valence-corrected chi connectivity index (χ3v) is 5.36. The molecular formula is C21H20ClN3O4S. The van der Waals surface area contributed by atoms with Crippen LogP contribution >= 0.6 is 22.9 Å². The zero-order valence-corrected chi connectivity index (χ0v) is 18.0. The second-order valence-electron chi connectivity index (χ2n) is 6.47. The smallest absolute Gasteiger partial charge is 0.342 e. The minimum absolute atomic E-state index is 0.0416. The maximum Gasteiger partial charge on any atom is 0.342 e. The minimum atomic E-state index is -0.611. The van der Waals surface area contributed by atoms with Crippen LogP contribution in [0.15, 0.2) is 41.8 Å². The van der Waals surface area contributed by atoms with Gasteiger partial charge in [-0.25, -0.2) is 9.78 Å². The first-order chi connectivity index (χ1) is 14.4. The van der Waals surface area contributed by atoms with E-state index in [0.717, 1.165) is 11.3 Å². The van der Waals surface area contributed by atoms with Crippen LogP contribution in [0, 0.1) is 6.92 Å². The van der Waals surface area contributed by atoms with Gasteiger partial charge in [0.25, 0.3) is 0 Å². The Morgan fingerprint density at radius 3 is 2.67 bits per heavy atom. The number of methoxy groups -OCH3 is 1. The number of rotatable bonds is 7. The van der Waals surface area contributed by atoms with Crippen LogP contribution in [0.3, 0.4) is 0 Å². The summed E-state index contributed by atoms with van der Waals surface area (Å²) in [6.07, 6.45) is 0.133. The van der Waals surface area contributed by atoms with Crippen LogP contribution in [0.25, 0.3) is 0 Å². The van der Waals surface area contributed by atoms with E-state index in [1.165, 1.54) is 30.6 Å². The molecule has 0 bridgehead atoms. The van der Waals surface area contributed by atoms with Gasteiger partial charge in [-0.1, -0.05) is 29.3 Å². The molecule has 0 saturated carbocycles. The molecule has 3 rings (SSSR count). The lowest BCUT2D eigenvalue weighted by Gasteiger charge is -2.10. The van der Waals surface area contributed by atoms with Crippen molar-refractivity contribution in [1.82, 2.24) is 4.98 Å². The molecule has 30 heavy (non-hydrogen) atoms. The van der Waals surface area contributed by atoms with E-state index in [1.54, 1.807) is 5.38 Å². The van der Waals surface area contributed by atoms with E-state index in [9.17, 15) is 9.59 Å². The molecule has 0 spiro atoms. The lowest BCUT2D eigenvalue weighted by molar-refractivity contribution is -0.115. The Morgan fingerprint density at radius 1 is 1.23 bits per heavy atom. The summed E-state index contributed by atoms with van der Waals surface area (Å²) in [6, 6.07) is 10.4. The number of amides is 1. The normalized spacial score (nSPS) is 10.5. The van der Waals surface area contributed by atoms with Crippen LogP contribution in [0.1, 0.15) is 26.6 Å². The molecule has 1 heterocycles. The molecule has 156 valence electrons. The Bertz CT molecular complexity index is 1070. The summed E-state index contributed by atoms with van der Waals surface area (Å²) in [5.74, 6) is -0.507. The van der Waals surface area contributed by atoms with Gasteiger partial charge in [-0.3, -0.25) is 4.79 Å². The van der Waals surface area contributed by atoms with E-state index < -0.39 is 5.97 Å². The zero-order valence-electron chi connectivity index (χ0n) is 16.4. The number of nitrogens with zero attached hydrogens (tertiary/aromatic N) is 1. The Hall–Kier alpha value is -3.10. The van der Waals surface area contributed by atoms with Crippen LogP contribution in [0.5, 0.6) is 5.75 Å². The van der Waals surface area contributed by atoms with Crippen LogP contribution in [-0.2, 0) is 22.6 Å². The SMILES string of the molecule is COc1cc(N)c(Cl)cc1C(=O)OCc1csc(CC(=O)Nc2ccc(C)cc2)n1. The van der Waals surface area contributed by atoms with Crippen LogP contribution < -0.4 is 15.8 Å². The first-order valence-corrected chi connectivity index (χ1v) is 10.2. The molecule has 0 saturated heterocycles. The number of nitrogens with two attached hydrogens (primary N) is 1. The average Bonchev–Trinajstić information content (AvgIpc) is 3.16. The third kappa shape index (κ3) is 5.49. The molecule has 0 unspecified atom stereocenters. The molecule has 3 N–H and O–H groups in total. The van der Waals surface area contributed by atoms with E-state index in [4.69, 9.17) is 26.8 Å². The van der Waals surface area contributed by atoms with Crippen molar-refractivity contribution in [3.63, 3.8) is 0 Å². The maximum absolute atomic E-state index is 12.4. The van der Waals surface area contributed by atoms with Crippen molar-refractivity contribution in [2.75, 3.05) is 18.2 Å². The topological polar surface area (TPSA) is 104 Å². The van der Waals surface area contributed by atoms with Crippen LogP contribution in [0.2, 0.25) is 5.02 Å². The predicted molar refractivity (Wildman–Crippen MR) is 117 cm³/mol. The number of aromatic nitrogens is 1. The lowest BCUT2D eigenvalue weighted by Crippen LogP contribution is -2.14. The zero-order chi connectivity index (χ0) is 21.7. The number of ether oxygens (including phenoxy) is 2. The molecule has 1 aromatic heterocycles. The molecule has 0 aliphatic carbocycles. The van der Waals surface area contributed by atoms with Crippen molar-refractivity contribution < 1.29 is 19.1 Å². The molecule has 7 nitrogen and oxygen atoms in total. The molecule has 1 amide bonds. The third-order valence-electron chi connectivity index (χ3n) is 4.14. The Kier molecular flexibility index (Phi) is 6.91. The number of thiazole rings is 1. The second-order valence-corrected chi connectivity index (χ2v) is 7.82. The van der Waals surface area contributed by atoms with Crippen molar-refractivity contribution in [2.45, 2.75) is 20.0 Å². The molecule has 0 fully saturated rings. The van der Waals surface area contributed by atoms with Crippen molar-refractivity contribution >= 4 is 46.2 Å². The predicted octanol–water partition coefficient (Wildman–Crippen LogP) is 4.23. The first kappa shape index (κ1) is 21.6. The fourth-order valence-electron chi connectivity index (χ4n) is 2.59. The largest absolute Gasteiger partial charge is 0.496 e. The van der Waals surface area contributed by atoms with Gasteiger partial charge in [-0.05, 0) is 25.1 Å². The monoisotopic (exact) mass is 445 g/mol. The minimum Gasteiger partial charge on any atom is -0.496 e. The molecule has 3 aromatic rings. The van der Waals surface area contributed by atoms with Crippen molar-refractivity contribution in [2.24, 2.45) is 0 Å². The number of hydrogen-bond donors (Lipinski definition) is 2. The molecule has 9 heteroatoms. The summed E-state index contributed by atoms with van der Waals surface area (Å²) in [5, 5.41) is 5.43. The maximum atomic E-state index is 12.4. The number of carbonyl (C=O) groups is 2. The van der Waals surface area contributed by atoms with Crippen LogP contribution in [0.4, 0.5) is 11.4 Å². The van der Waals surface area contributed by atoms with Crippen molar-refractivity contribution in [3.05, 3.63) is 68.6 Å². The standard InChI is InChI=1S/C21H20ClN3O4S/c1-12-3-5-13(6-4-12)24-19(26)9-20-25-14(11-30-20)10-29-21(27)15-7-16(22)17(23)8-18(15)28-2/h3-8,11H,9-10,23H2,1-2H3,(H,24,26). The summed E-state index contributed by atoms with van der Waals surface area (Å²) in [7, 11) is 1.42. The van der Waals surface area contributed by atoms with Gasteiger partial charge in [-0.2, -0.15) is 0 Å². The fraction of sp³-hybridized carbons (Fsp3) is 0.190. The van der Waals surface area contributed by atoms with Gasteiger partial charge in [-0.15, -0.1) is 11.3 Å². The summed E-state index contributed by atoms with van der Waals surface area (Å²) in [4.78, 5) is 28.9. The van der Waals surface area contributed by atoms with Gasteiger partial charge in [0.15, 0.2) is 0 Å². The number of benzene rings is 2. The second kappa shape index (κ2) is 9.60. The molecule has 0 radical (unpaired) electrons. The van der Waals surface area contributed by atoms with Gasteiger partial charge in [0.2, 0.25) is 5.91 Å². The van der Waals surface area contributed by atoms with Gasteiger partial charge < -0.3 is 20.5 Å². The molecule has 2 aromatic carbocycles. The summed E-state index contributed by atoms with van der Waals surface area (Å²) in [5.41, 5.74) is 8.59. The van der Waals surface area contributed by atoms with Crippen molar-refractivity contribution in [1.29, 1.82) is 0 Å². The Labute approximate surface area is 182 Å². The number of nitrogen functional groups attached to an aromatic ring is 1. The number of hydrogen-bond acceptors (Lipinski definition) is 7. The Morgan fingerprint density at radius 2 is 1.97 bits per heavy atom. The summed E-state index contributed by atoms with van der Waals surface area (Å²) in [6.45, 7) is 1.94. The number of aryl methyl sites for hydroxylation is 1. The Balaban J connectivity index is 1.56. The van der Waals surface area contributed by atoms with Gasteiger partial charge in [0.05, 0.1) is 29.9 Å². The van der Waals surface area contributed by atoms with Gasteiger partial charge in [0, 0.05) is 17.1 Å². The number of nitrogens with one attached hydrogen (secondary N) is 1. The van der Waals surface area contributed by atoms with Crippen molar-refractivity contribution in [3.8, 4) is 5.75 Å². The quantitative estimate of drug-likeness (QED) is 0.416. The highest BCUT2D eigenvalue weighted by Crippen LogP contribution is 2.29. The summed E-state index contributed by atoms with van der Waals surface area (Å²) >= 11 is 7.31. The molecular weight excluding hydrogens is 426 g/mol. The first-order valence-electron chi connectivity index (χ1n) is 8.95. The number of anilines is 2. The molecule has 0 aliphatic heterocycles. The van der Waals surface area contributed by atoms with E-state index in [2.05, 4.69) is 10.3 Å². The highest BCUT2D eigenvalue weighted by molar-refractivity contribution is 7.09. The fourth-order valence-corrected chi connectivity index (χ4v) is 3.53. The lowest BCUT2D eigenvalue weighted by atomic mass is 10.2. The number of halogens is 1. The van der Waals surface area contributed by atoms with E-state index >= 15 is 0 Å². The average molecular weight is 446 g/mol. The van der Waals surface area contributed by atoms with E-state index in [-0.39, 0.29) is 35.3 Å². The van der Waals surface area contributed by atoms with E-state index in [1.807, 2.05) is 31.2 Å². The number of esters is 1. The number of carbonyl (C=O) groups excluding carboxylic acids is 2. The highest BCUT2D eigenvalue weighted by Gasteiger charge is 2.17. The van der Waals surface area contributed by atoms with Crippen LogP contribution in [-0.4, -0.2) is 24.0 Å². The van der Waals surface area contributed by atoms with Gasteiger partial charge in [0.1, 0.15) is 22.9 Å². The van der Waals surface area contributed by atoms with Gasteiger partial charge >= 0.3 is 5.97 Å².